The molecule has 37 heavy (non-hydrogen) atoms. The number of aryl methyl sites for hydroxylation is 1. The van der Waals surface area contributed by atoms with Crippen molar-refractivity contribution in [2.75, 3.05) is 23.7 Å². The van der Waals surface area contributed by atoms with Gasteiger partial charge in [-0.15, -0.1) is 0 Å². The van der Waals surface area contributed by atoms with Gasteiger partial charge in [0.25, 0.3) is 5.91 Å². The molecular weight excluding hydrogens is 490 g/mol. The van der Waals surface area contributed by atoms with E-state index in [0.717, 1.165) is 36.2 Å². The van der Waals surface area contributed by atoms with Crippen molar-refractivity contribution in [3.63, 3.8) is 0 Å². The lowest BCUT2D eigenvalue weighted by atomic mass is 10.1. The number of anilines is 2. The average molecular weight is 520 g/mol. The second kappa shape index (κ2) is 10.8. The highest BCUT2D eigenvalue weighted by atomic mass is 35.5. The molecule has 192 valence electrons. The maximum atomic E-state index is 12.9. The van der Waals surface area contributed by atoms with E-state index in [-0.39, 0.29) is 18.1 Å². The van der Waals surface area contributed by atoms with Gasteiger partial charge in [-0.05, 0) is 55.7 Å². The monoisotopic (exact) mass is 519 g/mol. The summed E-state index contributed by atoms with van der Waals surface area (Å²) in [4.78, 5) is 24.1. The predicted molar refractivity (Wildman–Crippen MR) is 145 cm³/mol. The lowest BCUT2D eigenvalue weighted by Gasteiger charge is -2.17. The van der Waals surface area contributed by atoms with Crippen molar-refractivity contribution in [3.8, 4) is 0 Å². The van der Waals surface area contributed by atoms with E-state index < -0.39 is 0 Å². The number of aliphatic hydroxyl groups excluding tert-OH is 1. The van der Waals surface area contributed by atoms with Gasteiger partial charge < -0.3 is 15.7 Å². The molecule has 2 aromatic carbocycles. The van der Waals surface area contributed by atoms with Crippen LogP contribution in [0.2, 0.25) is 5.02 Å². The van der Waals surface area contributed by atoms with E-state index in [4.69, 9.17) is 11.6 Å². The molecule has 1 aliphatic rings. The van der Waals surface area contributed by atoms with Crippen molar-refractivity contribution in [3.05, 3.63) is 76.6 Å². The minimum absolute atomic E-state index is 0.0744. The lowest BCUT2D eigenvalue weighted by molar-refractivity contribution is 0.102. The highest BCUT2D eigenvalue weighted by molar-refractivity contribution is 6.31. The number of carbonyl (C=O) groups is 1. The smallest absolute Gasteiger partial charge is 0.255 e. The summed E-state index contributed by atoms with van der Waals surface area (Å²) in [6.45, 7) is 6.94. The molecule has 1 aliphatic heterocycles. The number of hydrogen-bond acceptors (Lipinski definition) is 7. The summed E-state index contributed by atoms with van der Waals surface area (Å²) < 4.78 is 1.81. The number of halogens is 1. The Hall–Kier alpha value is -3.53. The molecule has 3 heterocycles. The SMILES string of the molecule is CCn1cc2ncc(N[C@@H](C)c3cccc(NC(=O)c4ccc(CN5CC[C@H](O)C5)c(Cl)c4)c3)nc2n1. The van der Waals surface area contributed by atoms with Gasteiger partial charge in [0, 0.05) is 42.5 Å². The van der Waals surface area contributed by atoms with Crippen molar-refractivity contribution >= 4 is 40.2 Å². The Labute approximate surface area is 220 Å². The van der Waals surface area contributed by atoms with Crippen molar-refractivity contribution in [1.82, 2.24) is 24.6 Å². The quantitative estimate of drug-likeness (QED) is 0.314. The Morgan fingerprint density at radius 3 is 2.89 bits per heavy atom. The van der Waals surface area contributed by atoms with Gasteiger partial charge >= 0.3 is 0 Å². The molecule has 3 N–H and O–H groups in total. The van der Waals surface area contributed by atoms with Gasteiger partial charge in [-0.2, -0.15) is 5.10 Å². The number of aliphatic hydroxyl groups is 1. The van der Waals surface area contributed by atoms with Crippen molar-refractivity contribution < 1.29 is 9.90 Å². The number of nitrogens with one attached hydrogen (secondary N) is 2. The molecule has 0 radical (unpaired) electrons. The van der Waals surface area contributed by atoms with Crippen LogP contribution in [0.3, 0.4) is 0 Å². The molecule has 0 bridgehead atoms. The van der Waals surface area contributed by atoms with Gasteiger partial charge in [0.05, 0.1) is 24.5 Å². The molecule has 2 atom stereocenters. The minimum Gasteiger partial charge on any atom is -0.392 e. The second-order valence-electron chi connectivity index (χ2n) is 9.38. The van der Waals surface area contributed by atoms with Crippen LogP contribution < -0.4 is 10.6 Å². The van der Waals surface area contributed by atoms with E-state index in [1.807, 2.05) is 55.1 Å². The maximum Gasteiger partial charge on any atom is 0.255 e. The minimum atomic E-state index is -0.278. The van der Waals surface area contributed by atoms with Crippen LogP contribution in [0.15, 0.2) is 54.9 Å². The first-order valence-electron chi connectivity index (χ1n) is 12.4. The van der Waals surface area contributed by atoms with Crippen LogP contribution in [0.4, 0.5) is 11.5 Å². The molecule has 0 saturated carbocycles. The normalized spacial score (nSPS) is 16.7. The number of nitrogens with zero attached hydrogens (tertiary/aromatic N) is 5. The molecule has 9 nitrogen and oxygen atoms in total. The lowest BCUT2D eigenvalue weighted by Crippen LogP contribution is -2.21. The molecule has 0 aliphatic carbocycles. The maximum absolute atomic E-state index is 12.9. The summed E-state index contributed by atoms with van der Waals surface area (Å²) in [5, 5.41) is 21.0. The number of rotatable bonds is 8. The highest BCUT2D eigenvalue weighted by Crippen LogP contribution is 2.24. The first-order valence-corrected chi connectivity index (χ1v) is 12.8. The number of β-amino-alcohol motifs (C(OH)–C–C–N with tert-alkyl or cyclic N) is 1. The zero-order chi connectivity index (χ0) is 25.9. The summed E-state index contributed by atoms with van der Waals surface area (Å²) in [6, 6.07) is 13.0. The first kappa shape index (κ1) is 25.1. The summed E-state index contributed by atoms with van der Waals surface area (Å²) >= 11 is 6.49. The molecule has 0 unspecified atom stereocenters. The van der Waals surface area contributed by atoms with E-state index in [0.29, 0.717) is 40.8 Å². The van der Waals surface area contributed by atoms with Crippen LogP contribution in [-0.4, -0.2) is 54.9 Å². The fourth-order valence-corrected chi connectivity index (χ4v) is 4.72. The number of carbonyl (C=O) groups excluding carboxylic acids is 1. The third-order valence-electron chi connectivity index (χ3n) is 6.57. The predicted octanol–water partition coefficient (Wildman–Crippen LogP) is 4.49. The van der Waals surface area contributed by atoms with Gasteiger partial charge in [-0.1, -0.05) is 29.8 Å². The Kier molecular flexibility index (Phi) is 7.36. The second-order valence-corrected chi connectivity index (χ2v) is 9.79. The number of hydrogen-bond donors (Lipinski definition) is 3. The Morgan fingerprint density at radius 2 is 2.14 bits per heavy atom. The van der Waals surface area contributed by atoms with E-state index in [1.165, 1.54) is 0 Å². The zero-order valence-corrected chi connectivity index (χ0v) is 21.6. The largest absolute Gasteiger partial charge is 0.392 e. The Bertz CT molecular complexity index is 1420. The van der Waals surface area contributed by atoms with Gasteiger partial charge in [0.15, 0.2) is 0 Å². The molecule has 1 amide bonds. The van der Waals surface area contributed by atoms with Crippen LogP contribution in [0.1, 0.15) is 47.8 Å². The molecular formula is C27H30ClN7O2. The van der Waals surface area contributed by atoms with Crippen LogP contribution in [0.25, 0.3) is 11.2 Å². The van der Waals surface area contributed by atoms with Gasteiger partial charge in [0.1, 0.15) is 11.3 Å². The fraction of sp³-hybridized carbons (Fsp3) is 0.333. The van der Waals surface area contributed by atoms with Crippen molar-refractivity contribution in [2.24, 2.45) is 0 Å². The standard InChI is InChI=1S/C27H30ClN7O2/c1-3-35-16-24-26(33-35)32-25(13-29-24)30-17(2)18-5-4-6-21(11-18)31-27(37)19-7-8-20(23(28)12-19)14-34-10-9-22(36)15-34/h4-8,11-13,16-17,22,36H,3,9-10,14-15H2,1-2H3,(H,31,37)(H,30,32,33)/t17-,22-/m0/s1. The zero-order valence-electron chi connectivity index (χ0n) is 20.9. The Morgan fingerprint density at radius 1 is 1.27 bits per heavy atom. The van der Waals surface area contributed by atoms with Gasteiger partial charge in [0.2, 0.25) is 5.65 Å². The molecule has 4 aromatic rings. The third kappa shape index (κ3) is 5.90. The van der Waals surface area contributed by atoms with Crippen LogP contribution >= 0.6 is 11.6 Å². The summed E-state index contributed by atoms with van der Waals surface area (Å²) in [5.41, 5.74) is 4.46. The number of fused-ring (bicyclic) bond motifs is 1. The molecule has 1 fully saturated rings. The van der Waals surface area contributed by atoms with Crippen LogP contribution in [-0.2, 0) is 13.1 Å². The number of aromatic nitrogens is 4. The molecule has 2 aromatic heterocycles. The van der Waals surface area contributed by atoms with E-state index >= 15 is 0 Å². The molecule has 0 spiro atoms. The highest BCUT2D eigenvalue weighted by Gasteiger charge is 2.21. The first-order chi connectivity index (χ1) is 17.9. The van der Waals surface area contributed by atoms with Crippen molar-refractivity contribution in [1.29, 1.82) is 0 Å². The van der Waals surface area contributed by atoms with E-state index in [9.17, 15) is 9.90 Å². The number of benzene rings is 2. The average Bonchev–Trinajstić information content (AvgIpc) is 3.50. The van der Waals surface area contributed by atoms with E-state index in [2.05, 4.69) is 30.6 Å². The van der Waals surface area contributed by atoms with Gasteiger partial charge in [-0.25, -0.2) is 9.97 Å². The topological polar surface area (TPSA) is 108 Å². The van der Waals surface area contributed by atoms with E-state index in [1.54, 1.807) is 18.3 Å². The number of likely N-dealkylation sites (tertiary alicyclic amines) is 1. The fourth-order valence-electron chi connectivity index (χ4n) is 4.48. The summed E-state index contributed by atoms with van der Waals surface area (Å²) in [5.74, 6) is 0.402. The van der Waals surface area contributed by atoms with Crippen molar-refractivity contribution in [2.45, 2.75) is 45.5 Å². The Balaban J connectivity index is 1.23. The molecule has 10 heteroatoms. The summed E-state index contributed by atoms with van der Waals surface area (Å²) in [7, 11) is 0. The molecule has 1 saturated heterocycles. The van der Waals surface area contributed by atoms with Crippen LogP contribution in [0.5, 0.6) is 0 Å². The van der Waals surface area contributed by atoms with Gasteiger partial charge in [-0.3, -0.25) is 14.4 Å². The number of amides is 1. The van der Waals surface area contributed by atoms with Crippen LogP contribution in [0, 0.1) is 0 Å². The molecule has 5 rings (SSSR count). The summed E-state index contributed by atoms with van der Waals surface area (Å²) in [6.07, 6.45) is 4.07. The third-order valence-corrected chi connectivity index (χ3v) is 6.92.